The van der Waals surface area contributed by atoms with Crippen molar-refractivity contribution in [2.75, 3.05) is 0 Å². The van der Waals surface area contributed by atoms with E-state index in [1.807, 2.05) is 67.9 Å². The number of amides is 1. The molecule has 0 spiro atoms. The molecule has 27 heavy (non-hydrogen) atoms. The summed E-state index contributed by atoms with van der Waals surface area (Å²) >= 11 is 7.51. The number of rotatable bonds is 6. The molecule has 0 radical (unpaired) electrons. The van der Waals surface area contributed by atoms with Gasteiger partial charge in [-0.05, 0) is 43.7 Å². The average Bonchev–Trinajstić information content (AvgIpc) is 3.02. The summed E-state index contributed by atoms with van der Waals surface area (Å²) in [6.45, 7) is 3.87. The molecule has 0 saturated carbocycles. The number of carbonyl (C=O) groups is 1. The van der Waals surface area contributed by atoms with Crippen LogP contribution in [0.2, 0.25) is 5.02 Å². The Hall–Kier alpha value is -2.31. The lowest BCUT2D eigenvalue weighted by Gasteiger charge is -2.14. The summed E-state index contributed by atoms with van der Waals surface area (Å²) in [7, 11) is 1.91. The van der Waals surface area contributed by atoms with Crippen molar-refractivity contribution >= 4 is 29.3 Å². The van der Waals surface area contributed by atoms with Crippen LogP contribution in [0, 0.1) is 6.92 Å². The predicted octanol–water partition coefficient (Wildman–Crippen LogP) is 4.56. The van der Waals surface area contributed by atoms with Crippen molar-refractivity contribution < 1.29 is 4.79 Å². The highest BCUT2D eigenvalue weighted by atomic mass is 35.5. The second-order valence-electron chi connectivity index (χ2n) is 6.38. The molecule has 3 aromatic rings. The fraction of sp³-hybridized carbons (Fsp3) is 0.250. The second kappa shape index (κ2) is 8.59. The van der Waals surface area contributed by atoms with Gasteiger partial charge in [0.1, 0.15) is 0 Å². The summed E-state index contributed by atoms with van der Waals surface area (Å²) in [5, 5.41) is 13.0. The minimum atomic E-state index is -0.250. The second-order valence-corrected chi connectivity index (χ2v) is 7.76. The van der Waals surface area contributed by atoms with Crippen LogP contribution >= 0.6 is 23.4 Å². The van der Waals surface area contributed by atoms with Gasteiger partial charge in [0.05, 0.1) is 6.04 Å². The first kappa shape index (κ1) is 19.5. The van der Waals surface area contributed by atoms with Crippen LogP contribution in [0.5, 0.6) is 0 Å². The zero-order chi connectivity index (χ0) is 19.4. The molecular formula is C20H21ClN4OS. The van der Waals surface area contributed by atoms with Gasteiger partial charge in [-0.15, -0.1) is 10.2 Å². The summed E-state index contributed by atoms with van der Waals surface area (Å²) < 4.78 is 1.92. The maximum atomic E-state index is 12.5. The number of benzene rings is 2. The van der Waals surface area contributed by atoms with E-state index < -0.39 is 0 Å². The van der Waals surface area contributed by atoms with E-state index in [1.165, 1.54) is 0 Å². The third kappa shape index (κ3) is 4.90. The minimum Gasteiger partial charge on any atom is -0.342 e. The summed E-state index contributed by atoms with van der Waals surface area (Å²) in [6, 6.07) is 15.0. The molecule has 3 rings (SSSR count). The molecule has 1 aromatic heterocycles. The number of thioether (sulfide) groups is 1. The van der Waals surface area contributed by atoms with Crippen LogP contribution in [0.1, 0.15) is 40.3 Å². The molecule has 1 heterocycles. The van der Waals surface area contributed by atoms with Gasteiger partial charge >= 0.3 is 0 Å². The van der Waals surface area contributed by atoms with Crippen LogP contribution in [-0.4, -0.2) is 20.7 Å². The molecule has 1 amide bonds. The molecule has 0 aliphatic carbocycles. The maximum absolute atomic E-state index is 12.5. The molecule has 2 aromatic carbocycles. The maximum Gasteiger partial charge on any atom is 0.251 e. The van der Waals surface area contributed by atoms with Crippen molar-refractivity contribution in [3.8, 4) is 0 Å². The van der Waals surface area contributed by atoms with Gasteiger partial charge in [0.2, 0.25) is 0 Å². The monoisotopic (exact) mass is 400 g/mol. The lowest BCUT2D eigenvalue weighted by atomic mass is 10.1. The first-order valence-corrected chi connectivity index (χ1v) is 9.94. The Balaban J connectivity index is 1.65. The van der Waals surface area contributed by atoms with E-state index >= 15 is 0 Å². The van der Waals surface area contributed by atoms with Gasteiger partial charge in [0, 0.05) is 23.4 Å². The van der Waals surface area contributed by atoms with Crippen molar-refractivity contribution in [1.29, 1.82) is 0 Å². The molecule has 0 aliphatic rings. The third-order valence-corrected chi connectivity index (χ3v) is 5.51. The lowest BCUT2D eigenvalue weighted by molar-refractivity contribution is 0.0937. The average molecular weight is 401 g/mol. The van der Waals surface area contributed by atoms with E-state index in [-0.39, 0.29) is 11.9 Å². The Morgan fingerprint density at radius 2 is 1.96 bits per heavy atom. The van der Waals surface area contributed by atoms with E-state index in [0.717, 1.165) is 32.9 Å². The summed E-state index contributed by atoms with van der Waals surface area (Å²) in [5.74, 6) is 1.37. The largest absolute Gasteiger partial charge is 0.342 e. The van der Waals surface area contributed by atoms with Crippen molar-refractivity contribution in [2.45, 2.75) is 30.8 Å². The summed E-state index contributed by atoms with van der Waals surface area (Å²) in [4.78, 5) is 12.5. The van der Waals surface area contributed by atoms with Gasteiger partial charge in [-0.1, -0.05) is 53.2 Å². The summed E-state index contributed by atoms with van der Waals surface area (Å²) in [6.07, 6.45) is 0. The molecular weight excluding hydrogens is 380 g/mol. The molecule has 140 valence electrons. The standard InChI is InChI=1S/C20H21ClN4OS/c1-13-5-4-6-16(11-13)19(26)22-14(2)18-23-24-20(25(18)3)27-12-15-7-9-17(21)10-8-15/h4-11,14H,12H2,1-3H3,(H,22,26)/t14-/m1/s1. The topological polar surface area (TPSA) is 59.8 Å². The molecule has 0 aliphatic heterocycles. The number of nitrogens with one attached hydrogen (secondary N) is 1. The molecule has 0 unspecified atom stereocenters. The molecule has 5 nitrogen and oxygen atoms in total. The smallest absolute Gasteiger partial charge is 0.251 e. The Bertz CT molecular complexity index is 939. The van der Waals surface area contributed by atoms with E-state index in [4.69, 9.17) is 11.6 Å². The van der Waals surface area contributed by atoms with E-state index in [2.05, 4.69) is 15.5 Å². The Morgan fingerprint density at radius 1 is 1.22 bits per heavy atom. The van der Waals surface area contributed by atoms with Crippen LogP contribution < -0.4 is 5.32 Å². The molecule has 0 bridgehead atoms. The van der Waals surface area contributed by atoms with Crippen LogP contribution in [0.4, 0.5) is 0 Å². The number of nitrogens with zero attached hydrogens (tertiary/aromatic N) is 3. The highest BCUT2D eigenvalue weighted by molar-refractivity contribution is 7.98. The number of carbonyl (C=O) groups excluding carboxylic acids is 1. The normalized spacial score (nSPS) is 12.0. The van der Waals surface area contributed by atoms with Gasteiger partial charge in [-0.3, -0.25) is 4.79 Å². The first-order valence-electron chi connectivity index (χ1n) is 8.58. The van der Waals surface area contributed by atoms with Gasteiger partial charge < -0.3 is 9.88 Å². The zero-order valence-electron chi connectivity index (χ0n) is 15.4. The Labute approximate surface area is 168 Å². The molecule has 1 N–H and O–H groups in total. The van der Waals surface area contributed by atoms with Gasteiger partial charge in [-0.25, -0.2) is 0 Å². The number of hydrogen-bond acceptors (Lipinski definition) is 4. The molecule has 0 saturated heterocycles. The van der Waals surface area contributed by atoms with Gasteiger partial charge in [0.15, 0.2) is 11.0 Å². The van der Waals surface area contributed by atoms with Gasteiger partial charge in [0.25, 0.3) is 5.91 Å². The van der Waals surface area contributed by atoms with Crippen LogP contribution in [-0.2, 0) is 12.8 Å². The van der Waals surface area contributed by atoms with E-state index in [0.29, 0.717) is 5.56 Å². The number of hydrogen-bond donors (Lipinski definition) is 1. The first-order chi connectivity index (χ1) is 12.9. The predicted molar refractivity (Wildman–Crippen MR) is 109 cm³/mol. The van der Waals surface area contributed by atoms with Gasteiger partial charge in [-0.2, -0.15) is 0 Å². The van der Waals surface area contributed by atoms with Crippen LogP contribution in [0.3, 0.4) is 0 Å². The number of aryl methyl sites for hydroxylation is 1. The number of aromatic nitrogens is 3. The van der Waals surface area contributed by atoms with Crippen LogP contribution in [0.15, 0.2) is 53.7 Å². The molecule has 7 heteroatoms. The highest BCUT2D eigenvalue weighted by Gasteiger charge is 2.18. The van der Waals surface area contributed by atoms with E-state index in [1.54, 1.807) is 17.8 Å². The third-order valence-electron chi connectivity index (χ3n) is 4.16. The molecule has 0 fully saturated rings. The van der Waals surface area contributed by atoms with Crippen molar-refractivity contribution in [1.82, 2.24) is 20.1 Å². The quantitative estimate of drug-likeness (QED) is 0.616. The fourth-order valence-corrected chi connectivity index (χ4v) is 3.69. The van der Waals surface area contributed by atoms with E-state index in [9.17, 15) is 4.79 Å². The van der Waals surface area contributed by atoms with Crippen molar-refractivity contribution in [2.24, 2.45) is 7.05 Å². The SMILES string of the molecule is Cc1cccc(C(=O)N[C@H](C)c2nnc(SCc3ccc(Cl)cc3)n2C)c1. The summed E-state index contributed by atoms with van der Waals surface area (Å²) in [5.41, 5.74) is 2.85. The van der Waals surface area contributed by atoms with Crippen molar-refractivity contribution in [3.05, 3.63) is 76.1 Å². The minimum absolute atomic E-state index is 0.121. The Kier molecular flexibility index (Phi) is 6.19. The van der Waals surface area contributed by atoms with Crippen molar-refractivity contribution in [3.63, 3.8) is 0 Å². The fourth-order valence-electron chi connectivity index (χ4n) is 2.69. The zero-order valence-corrected chi connectivity index (χ0v) is 17.0. The number of halogens is 1. The Morgan fingerprint density at radius 3 is 2.67 bits per heavy atom. The van der Waals surface area contributed by atoms with Crippen LogP contribution in [0.25, 0.3) is 0 Å². The molecule has 1 atom stereocenters. The highest BCUT2D eigenvalue weighted by Crippen LogP contribution is 2.24. The lowest BCUT2D eigenvalue weighted by Crippen LogP contribution is -2.28.